The minimum Gasteiger partial charge on any atom is -0.497 e. The quantitative estimate of drug-likeness (QED) is 0.508. The van der Waals surface area contributed by atoms with E-state index in [1.807, 2.05) is 54.6 Å². The summed E-state index contributed by atoms with van der Waals surface area (Å²) in [5, 5.41) is 2.16. The summed E-state index contributed by atoms with van der Waals surface area (Å²) in [5.41, 5.74) is 1.92. The Morgan fingerprint density at radius 1 is 1.03 bits per heavy atom. The van der Waals surface area contributed by atoms with Crippen LogP contribution in [0.25, 0.3) is 0 Å². The zero-order chi connectivity index (χ0) is 24.6. The molecule has 2 aromatic carbocycles. The molecule has 0 bridgehead atoms. The van der Waals surface area contributed by atoms with E-state index in [0.29, 0.717) is 25.7 Å². The van der Waals surface area contributed by atoms with E-state index in [4.69, 9.17) is 4.74 Å². The fourth-order valence-electron chi connectivity index (χ4n) is 4.11. The number of Topliss-reactive ketones (excluding diaryl/α,β-unsaturated/α-hetero) is 1. The molecule has 2 aromatic rings. The number of methoxy groups -OCH3 is 1. The Kier molecular flexibility index (Phi) is 8.73. The highest BCUT2D eigenvalue weighted by Gasteiger charge is 2.52. The number of ether oxygens (including phenoxy) is 1. The lowest BCUT2D eigenvalue weighted by Gasteiger charge is -2.26. The number of benzene rings is 2. The van der Waals surface area contributed by atoms with E-state index in [-0.39, 0.29) is 31.8 Å². The number of rotatable bonds is 11. The van der Waals surface area contributed by atoms with Crippen LogP contribution >= 0.6 is 0 Å². The maximum Gasteiger partial charge on any atom is 0.383 e. The molecular formula is C26H30F2N2O4. The Labute approximate surface area is 198 Å². The largest absolute Gasteiger partial charge is 0.497 e. The Morgan fingerprint density at radius 2 is 1.71 bits per heavy atom. The second-order valence-corrected chi connectivity index (χ2v) is 8.38. The molecule has 1 saturated heterocycles. The van der Waals surface area contributed by atoms with Gasteiger partial charge >= 0.3 is 5.92 Å². The number of ketones is 1. The maximum absolute atomic E-state index is 14.7. The van der Waals surface area contributed by atoms with Crippen LogP contribution in [0.2, 0.25) is 0 Å². The molecule has 1 atom stereocenters. The summed E-state index contributed by atoms with van der Waals surface area (Å²) in [4.78, 5) is 38.6. The molecule has 3 rings (SSSR count). The van der Waals surface area contributed by atoms with Gasteiger partial charge in [-0.1, -0.05) is 42.5 Å². The van der Waals surface area contributed by atoms with E-state index in [1.165, 1.54) is 4.90 Å². The van der Waals surface area contributed by atoms with Crippen molar-refractivity contribution in [1.29, 1.82) is 0 Å². The SMILES string of the molecule is COc1ccc(CCCC(=O)N2CCCC2C(=O)C(F)(F)C(=O)NCCc2ccccc2)cc1. The second kappa shape index (κ2) is 11.7. The van der Waals surface area contributed by atoms with Crippen molar-refractivity contribution >= 4 is 17.6 Å². The van der Waals surface area contributed by atoms with Gasteiger partial charge in [-0.2, -0.15) is 8.78 Å². The third-order valence-electron chi connectivity index (χ3n) is 6.03. The van der Waals surface area contributed by atoms with Gasteiger partial charge in [-0.3, -0.25) is 14.4 Å². The molecule has 34 heavy (non-hydrogen) atoms. The van der Waals surface area contributed by atoms with E-state index in [1.54, 1.807) is 7.11 Å². The van der Waals surface area contributed by atoms with E-state index in [2.05, 4.69) is 5.32 Å². The standard InChI is InChI=1S/C26H30F2N2O4/c1-34-21-14-12-20(13-15-21)9-5-11-23(31)30-18-6-10-22(30)24(32)26(27,28)25(33)29-17-16-19-7-3-2-4-8-19/h2-4,7-8,12-15,22H,5-6,9-11,16-18H2,1H3,(H,29,33). The summed E-state index contributed by atoms with van der Waals surface area (Å²) in [7, 11) is 1.58. The van der Waals surface area contributed by atoms with Crippen LogP contribution in [-0.2, 0) is 27.2 Å². The van der Waals surface area contributed by atoms with Gasteiger partial charge in [0.15, 0.2) is 0 Å². The molecule has 8 heteroatoms. The predicted octanol–water partition coefficient (Wildman–Crippen LogP) is 3.57. The van der Waals surface area contributed by atoms with Gasteiger partial charge in [-0.25, -0.2) is 0 Å². The number of aryl methyl sites for hydroxylation is 1. The summed E-state index contributed by atoms with van der Waals surface area (Å²) in [6.07, 6.45) is 2.27. The van der Waals surface area contributed by atoms with Gasteiger partial charge in [0, 0.05) is 19.5 Å². The molecule has 0 aromatic heterocycles. The summed E-state index contributed by atoms with van der Waals surface area (Å²) < 4.78 is 34.4. The highest BCUT2D eigenvalue weighted by atomic mass is 19.3. The molecule has 1 aliphatic rings. The van der Waals surface area contributed by atoms with Crippen molar-refractivity contribution in [3.05, 3.63) is 65.7 Å². The maximum atomic E-state index is 14.7. The van der Waals surface area contributed by atoms with Crippen molar-refractivity contribution in [3.63, 3.8) is 0 Å². The first kappa shape index (κ1) is 25.3. The van der Waals surface area contributed by atoms with Crippen molar-refractivity contribution < 1.29 is 27.9 Å². The van der Waals surface area contributed by atoms with Gasteiger partial charge < -0.3 is 15.0 Å². The first-order valence-electron chi connectivity index (χ1n) is 11.5. The molecule has 1 fully saturated rings. The second-order valence-electron chi connectivity index (χ2n) is 8.38. The number of amides is 2. The average Bonchev–Trinajstić information content (AvgIpc) is 3.34. The Bertz CT molecular complexity index is 980. The Hall–Kier alpha value is -3.29. The molecule has 6 nitrogen and oxygen atoms in total. The number of halogens is 2. The molecule has 0 aliphatic carbocycles. The number of nitrogens with zero attached hydrogens (tertiary/aromatic N) is 1. The zero-order valence-corrected chi connectivity index (χ0v) is 19.3. The summed E-state index contributed by atoms with van der Waals surface area (Å²) in [5.74, 6) is -6.92. The van der Waals surface area contributed by atoms with E-state index >= 15 is 0 Å². The van der Waals surface area contributed by atoms with Crippen LogP contribution in [0.5, 0.6) is 5.75 Å². The zero-order valence-electron chi connectivity index (χ0n) is 19.3. The van der Waals surface area contributed by atoms with Crippen LogP contribution in [0, 0.1) is 0 Å². The molecule has 1 unspecified atom stereocenters. The smallest absolute Gasteiger partial charge is 0.383 e. The number of hydrogen-bond acceptors (Lipinski definition) is 4. The van der Waals surface area contributed by atoms with Gasteiger partial charge in [0.05, 0.1) is 13.2 Å². The van der Waals surface area contributed by atoms with Gasteiger partial charge in [-0.15, -0.1) is 0 Å². The predicted molar refractivity (Wildman–Crippen MR) is 124 cm³/mol. The Balaban J connectivity index is 1.50. The lowest BCUT2D eigenvalue weighted by atomic mass is 10.0. The normalized spacial score (nSPS) is 15.7. The number of carbonyl (C=O) groups is 3. The fraction of sp³-hybridized carbons (Fsp3) is 0.423. The van der Waals surface area contributed by atoms with Crippen LogP contribution in [-0.4, -0.2) is 54.7 Å². The topological polar surface area (TPSA) is 75.7 Å². The van der Waals surface area contributed by atoms with Crippen LogP contribution in [0.15, 0.2) is 54.6 Å². The lowest BCUT2D eigenvalue weighted by Crippen LogP contribution is -2.54. The van der Waals surface area contributed by atoms with Crippen LogP contribution in [0.3, 0.4) is 0 Å². The summed E-state index contributed by atoms with van der Waals surface area (Å²) >= 11 is 0. The third-order valence-corrected chi connectivity index (χ3v) is 6.03. The van der Waals surface area contributed by atoms with Crippen molar-refractivity contribution in [2.75, 3.05) is 20.2 Å². The van der Waals surface area contributed by atoms with E-state index in [9.17, 15) is 23.2 Å². The molecule has 1 N–H and O–H groups in total. The fourth-order valence-corrected chi connectivity index (χ4v) is 4.11. The number of hydrogen-bond donors (Lipinski definition) is 1. The number of alkyl halides is 2. The lowest BCUT2D eigenvalue weighted by molar-refractivity contribution is -0.162. The van der Waals surface area contributed by atoms with Gasteiger partial charge in [0.1, 0.15) is 5.75 Å². The van der Waals surface area contributed by atoms with Gasteiger partial charge in [0.25, 0.3) is 5.91 Å². The molecule has 2 amide bonds. The highest BCUT2D eigenvalue weighted by Crippen LogP contribution is 2.27. The van der Waals surface area contributed by atoms with Crippen molar-refractivity contribution in [3.8, 4) is 5.75 Å². The third kappa shape index (κ3) is 6.40. The van der Waals surface area contributed by atoms with Crippen molar-refractivity contribution in [1.82, 2.24) is 10.2 Å². The number of nitrogens with one attached hydrogen (secondary N) is 1. The van der Waals surface area contributed by atoms with E-state index in [0.717, 1.165) is 16.9 Å². The average molecular weight is 473 g/mol. The summed E-state index contributed by atoms with van der Waals surface area (Å²) in [6, 6.07) is 15.3. The minimum atomic E-state index is -4.19. The number of likely N-dealkylation sites (tertiary alicyclic amines) is 1. The molecular weight excluding hydrogens is 442 g/mol. The first-order valence-corrected chi connectivity index (χ1v) is 11.5. The highest BCUT2D eigenvalue weighted by molar-refractivity contribution is 6.10. The molecule has 0 spiro atoms. The van der Waals surface area contributed by atoms with Crippen molar-refractivity contribution in [2.45, 2.75) is 50.5 Å². The molecule has 1 aliphatic heterocycles. The molecule has 0 saturated carbocycles. The molecule has 182 valence electrons. The monoisotopic (exact) mass is 472 g/mol. The van der Waals surface area contributed by atoms with Gasteiger partial charge in [-0.05, 0) is 55.4 Å². The first-order chi connectivity index (χ1) is 16.3. The Morgan fingerprint density at radius 3 is 2.38 bits per heavy atom. The van der Waals surface area contributed by atoms with Gasteiger partial charge in [0.2, 0.25) is 11.7 Å². The number of carbonyl (C=O) groups excluding carboxylic acids is 3. The molecule has 0 radical (unpaired) electrons. The van der Waals surface area contributed by atoms with Crippen molar-refractivity contribution in [2.24, 2.45) is 0 Å². The molecule has 1 heterocycles. The van der Waals surface area contributed by atoms with Crippen LogP contribution in [0.1, 0.15) is 36.8 Å². The van der Waals surface area contributed by atoms with Crippen LogP contribution < -0.4 is 10.1 Å². The van der Waals surface area contributed by atoms with E-state index < -0.39 is 23.7 Å². The van der Waals surface area contributed by atoms with Crippen LogP contribution in [0.4, 0.5) is 8.78 Å². The summed E-state index contributed by atoms with van der Waals surface area (Å²) in [6.45, 7) is 0.230. The minimum absolute atomic E-state index is 0.00954.